The first-order valence-electron chi connectivity index (χ1n) is 11.8. The monoisotopic (exact) mass is 498 g/mol. The highest BCUT2D eigenvalue weighted by Gasteiger charge is 2.40. The van der Waals surface area contributed by atoms with E-state index in [1.165, 1.54) is 11.0 Å². The van der Waals surface area contributed by atoms with E-state index in [1.807, 2.05) is 45.0 Å². The van der Waals surface area contributed by atoms with Crippen molar-refractivity contribution in [1.82, 2.24) is 4.57 Å². The second kappa shape index (κ2) is 7.80. The molecule has 0 fully saturated rings. The largest absolute Gasteiger partial charge is 0.416 e. The molecule has 0 saturated heterocycles. The van der Waals surface area contributed by atoms with E-state index in [4.69, 9.17) is 0 Å². The normalized spacial score (nSPS) is 13.7. The summed E-state index contributed by atoms with van der Waals surface area (Å²) >= 11 is 0. The quantitative estimate of drug-likeness (QED) is 0.236. The van der Waals surface area contributed by atoms with Crippen LogP contribution in [-0.2, 0) is 6.18 Å². The van der Waals surface area contributed by atoms with Crippen molar-refractivity contribution in [3.63, 3.8) is 0 Å². The maximum atomic E-state index is 13.9. The smallest absolute Gasteiger partial charge is 0.308 e. The van der Waals surface area contributed by atoms with E-state index < -0.39 is 23.6 Å². The van der Waals surface area contributed by atoms with Gasteiger partial charge in [-0.2, -0.15) is 13.2 Å². The minimum Gasteiger partial charge on any atom is -0.308 e. The van der Waals surface area contributed by atoms with Crippen molar-refractivity contribution >= 4 is 39.3 Å². The zero-order chi connectivity index (χ0) is 26.2. The molecular formula is C30H21F3N2O2. The van der Waals surface area contributed by atoms with Crippen LogP contribution in [0.3, 0.4) is 0 Å². The van der Waals surface area contributed by atoms with Gasteiger partial charge >= 0.3 is 6.18 Å². The number of halogens is 3. The molecule has 0 atom stereocenters. The van der Waals surface area contributed by atoms with Crippen molar-refractivity contribution in [2.45, 2.75) is 26.9 Å². The number of hydrogen-bond acceptors (Lipinski definition) is 2. The van der Waals surface area contributed by atoms with E-state index in [1.54, 1.807) is 34.9 Å². The zero-order valence-electron chi connectivity index (χ0n) is 20.3. The summed E-state index contributed by atoms with van der Waals surface area (Å²) in [7, 11) is 0. The standard InChI is InChI=1S/C30H21F3N2O2/c1-16-13-17(2)27(18(3)14-16)35-28(36)22-8-6-10-24(26(22)29(35)37)34-23-9-5-4-7-20(23)21-12-11-19(15-25(21)34)30(31,32)33/h4-15H,1-3H3. The molecule has 37 heavy (non-hydrogen) atoms. The van der Waals surface area contributed by atoms with Gasteiger partial charge in [0, 0.05) is 10.8 Å². The molecule has 0 spiro atoms. The molecule has 0 aliphatic carbocycles. The number of carbonyl (C=O) groups excluding carboxylic acids is 2. The Morgan fingerprint density at radius 2 is 1.38 bits per heavy atom. The first-order valence-corrected chi connectivity index (χ1v) is 11.8. The summed E-state index contributed by atoms with van der Waals surface area (Å²) < 4.78 is 42.7. The molecule has 0 bridgehead atoms. The Bertz CT molecular complexity index is 1770. The topological polar surface area (TPSA) is 42.3 Å². The van der Waals surface area contributed by atoms with Crippen molar-refractivity contribution in [2.75, 3.05) is 4.90 Å². The highest BCUT2D eigenvalue weighted by atomic mass is 19.4. The Labute approximate surface area is 210 Å². The molecule has 1 aliphatic heterocycles. The molecule has 0 radical (unpaired) electrons. The minimum atomic E-state index is -4.53. The van der Waals surface area contributed by atoms with Crippen LogP contribution in [0.1, 0.15) is 43.0 Å². The van der Waals surface area contributed by atoms with E-state index in [-0.39, 0.29) is 11.1 Å². The van der Waals surface area contributed by atoms with Crippen LogP contribution in [0.15, 0.2) is 72.8 Å². The Balaban J connectivity index is 1.65. The predicted octanol–water partition coefficient (Wildman–Crippen LogP) is 7.53. The van der Waals surface area contributed by atoms with Gasteiger partial charge < -0.3 is 4.57 Å². The number of aromatic nitrogens is 1. The number of fused-ring (bicyclic) bond motifs is 4. The third kappa shape index (κ3) is 3.30. The van der Waals surface area contributed by atoms with Gasteiger partial charge in [-0.15, -0.1) is 0 Å². The number of benzene rings is 4. The number of aryl methyl sites for hydroxylation is 3. The Kier molecular flexibility index (Phi) is 4.86. The van der Waals surface area contributed by atoms with Crippen molar-refractivity contribution in [3.8, 4) is 5.69 Å². The number of para-hydroxylation sites is 1. The number of hydrogen-bond donors (Lipinski definition) is 0. The number of amides is 2. The van der Waals surface area contributed by atoms with Gasteiger partial charge in [0.25, 0.3) is 11.8 Å². The third-order valence-corrected chi connectivity index (χ3v) is 6.99. The molecule has 1 aliphatic rings. The Hall–Kier alpha value is -4.39. The minimum absolute atomic E-state index is 0.173. The molecular weight excluding hydrogens is 477 g/mol. The van der Waals surface area contributed by atoms with E-state index in [0.29, 0.717) is 27.8 Å². The van der Waals surface area contributed by atoms with Crippen molar-refractivity contribution in [3.05, 3.63) is 106 Å². The molecule has 2 heterocycles. The van der Waals surface area contributed by atoms with Crippen molar-refractivity contribution in [2.24, 2.45) is 0 Å². The maximum Gasteiger partial charge on any atom is 0.416 e. The average Bonchev–Trinajstić information content (AvgIpc) is 3.30. The lowest BCUT2D eigenvalue weighted by molar-refractivity contribution is -0.137. The molecule has 0 saturated carbocycles. The fourth-order valence-corrected chi connectivity index (χ4v) is 5.59. The summed E-state index contributed by atoms with van der Waals surface area (Å²) in [6.45, 7) is 5.65. The van der Waals surface area contributed by atoms with Crippen LogP contribution in [0.5, 0.6) is 0 Å². The number of alkyl halides is 3. The van der Waals surface area contributed by atoms with Crippen molar-refractivity contribution in [1.29, 1.82) is 0 Å². The highest BCUT2D eigenvalue weighted by molar-refractivity contribution is 6.36. The molecule has 4 nitrogen and oxygen atoms in total. The molecule has 0 unspecified atom stereocenters. The summed E-state index contributed by atoms with van der Waals surface area (Å²) in [5, 5.41) is 1.38. The van der Waals surface area contributed by atoms with Crippen LogP contribution in [-0.4, -0.2) is 16.4 Å². The summed E-state index contributed by atoms with van der Waals surface area (Å²) in [4.78, 5) is 28.7. The lowest BCUT2D eigenvalue weighted by atomic mass is 10.0. The van der Waals surface area contributed by atoms with Crippen LogP contribution >= 0.6 is 0 Å². The van der Waals surface area contributed by atoms with Gasteiger partial charge in [-0.25, -0.2) is 4.90 Å². The third-order valence-electron chi connectivity index (χ3n) is 6.99. The van der Waals surface area contributed by atoms with Crippen LogP contribution in [0, 0.1) is 20.8 Å². The highest BCUT2D eigenvalue weighted by Crippen LogP contribution is 2.40. The number of anilines is 1. The summed E-state index contributed by atoms with van der Waals surface area (Å²) in [6.07, 6.45) is -4.53. The van der Waals surface area contributed by atoms with Crippen LogP contribution < -0.4 is 4.90 Å². The van der Waals surface area contributed by atoms with Gasteiger partial charge in [0.1, 0.15) is 0 Å². The molecule has 7 heteroatoms. The molecule has 5 aromatic rings. The van der Waals surface area contributed by atoms with Crippen molar-refractivity contribution < 1.29 is 22.8 Å². The van der Waals surface area contributed by atoms with Crippen LogP contribution in [0.2, 0.25) is 0 Å². The molecule has 2 amide bonds. The average molecular weight is 499 g/mol. The summed E-state index contributed by atoms with van der Waals surface area (Å²) in [6, 6.07) is 19.6. The van der Waals surface area contributed by atoms with Gasteiger partial charge in [0.15, 0.2) is 0 Å². The first-order chi connectivity index (χ1) is 17.6. The lowest BCUT2D eigenvalue weighted by Gasteiger charge is -2.20. The zero-order valence-corrected chi connectivity index (χ0v) is 20.3. The maximum absolute atomic E-state index is 13.9. The molecule has 4 aromatic carbocycles. The van der Waals surface area contributed by atoms with Gasteiger partial charge in [0.05, 0.1) is 39.1 Å². The molecule has 6 rings (SSSR count). The summed E-state index contributed by atoms with van der Waals surface area (Å²) in [5.74, 6) is -0.947. The molecule has 1 aromatic heterocycles. The van der Waals surface area contributed by atoms with E-state index >= 15 is 0 Å². The second-order valence-electron chi connectivity index (χ2n) is 9.47. The van der Waals surface area contributed by atoms with E-state index in [9.17, 15) is 22.8 Å². The van der Waals surface area contributed by atoms with Crippen LogP contribution in [0.4, 0.5) is 18.9 Å². The molecule has 184 valence electrons. The van der Waals surface area contributed by atoms with Gasteiger partial charge in [0.2, 0.25) is 0 Å². The van der Waals surface area contributed by atoms with E-state index in [2.05, 4.69) is 0 Å². The SMILES string of the molecule is Cc1cc(C)c(N2C(=O)c3cccc(-n4c5ccccc5c5ccc(C(F)(F)F)cc54)c3C2=O)c(C)c1. The lowest BCUT2D eigenvalue weighted by Crippen LogP contribution is -2.31. The Morgan fingerprint density at radius 1 is 0.703 bits per heavy atom. The first kappa shape index (κ1) is 23.0. The number of carbonyl (C=O) groups is 2. The number of rotatable bonds is 2. The van der Waals surface area contributed by atoms with E-state index in [0.717, 1.165) is 34.2 Å². The fourth-order valence-electron chi connectivity index (χ4n) is 5.59. The number of imide groups is 1. The van der Waals surface area contributed by atoms with Gasteiger partial charge in [-0.3, -0.25) is 9.59 Å². The fraction of sp³-hybridized carbons (Fsp3) is 0.133. The summed E-state index contributed by atoms with van der Waals surface area (Å²) in [5.41, 5.74) is 4.06. The van der Waals surface area contributed by atoms with Gasteiger partial charge in [-0.1, -0.05) is 48.0 Å². The van der Waals surface area contributed by atoms with Crippen LogP contribution in [0.25, 0.3) is 27.5 Å². The number of nitrogens with zero attached hydrogens (tertiary/aromatic N) is 2. The molecule has 0 N–H and O–H groups in total. The Morgan fingerprint density at radius 3 is 2.08 bits per heavy atom. The van der Waals surface area contributed by atoms with Gasteiger partial charge in [-0.05, 0) is 62.2 Å². The second-order valence-corrected chi connectivity index (χ2v) is 9.47. The predicted molar refractivity (Wildman–Crippen MR) is 138 cm³/mol.